The summed E-state index contributed by atoms with van der Waals surface area (Å²) in [6.45, 7) is 0. The lowest BCUT2D eigenvalue weighted by molar-refractivity contribution is -0.184. The van der Waals surface area contributed by atoms with Gasteiger partial charge in [0.1, 0.15) is 0 Å². The van der Waals surface area contributed by atoms with E-state index in [-0.39, 0.29) is 23.3 Å². The van der Waals surface area contributed by atoms with Gasteiger partial charge in [0.25, 0.3) is 5.91 Å². The Kier molecular flexibility index (Phi) is 4.04. The van der Waals surface area contributed by atoms with E-state index < -0.39 is 0 Å². The van der Waals surface area contributed by atoms with Gasteiger partial charge in [-0.1, -0.05) is 67.8 Å². The molecule has 1 unspecified atom stereocenters. The number of rotatable bonds is 3. The van der Waals surface area contributed by atoms with Crippen LogP contribution in [0.1, 0.15) is 54.1 Å². The molecule has 1 saturated carbocycles. The van der Waals surface area contributed by atoms with Gasteiger partial charge in [-0.2, -0.15) is 0 Å². The van der Waals surface area contributed by atoms with Crippen molar-refractivity contribution in [3.63, 3.8) is 0 Å². The van der Waals surface area contributed by atoms with E-state index in [1.807, 2.05) is 36.4 Å². The number of nitrogens with one attached hydrogen (secondary N) is 1. The van der Waals surface area contributed by atoms with Crippen LogP contribution in [0.15, 0.2) is 60.7 Å². The fourth-order valence-corrected chi connectivity index (χ4v) is 4.31. The van der Waals surface area contributed by atoms with Crippen LogP contribution in [0.25, 0.3) is 0 Å². The highest BCUT2D eigenvalue weighted by atomic mass is 16.2. The molecule has 1 aliphatic heterocycles. The summed E-state index contributed by atoms with van der Waals surface area (Å²) < 4.78 is 0. The van der Waals surface area contributed by atoms with Gasteiger partial charge < -0.3 is 0 Å². The molecule has 0 radical (unpaired) electrons. The summed E-state index contributed by atoms with van der Waals surface area (Å²) in [7, 11) is 0. The van der Waals surface area contributed by atoms with Crippen molar-refractivity contribution in [3.05, 3.63) is 71.8 Å². The summed E-state index contributed by atoms with van der Waals surface area (Å²) >= 11 is 0. The maximum Gasteiger partial charge on any atom is 0.269 e. The van der Waals surface area contributed by atoms with E-state index in [0.717, 1.165) is 31.2 Å². The van der Waals surface area contributed by atoms with Crippen molar-refractivity contribution in [1.29, 1.82) is 0 Å². The van der Waals surface area contributed by atoms with Gasteiger partial charge in [-0.3, -0.25) is 15.0 Å². The molecule has 1 aliphatic carbocycles. The van der Waals surface area contributed by atoms with Gasteiger partial charge in [-0.25, -0.2) is 5.01 Å². The molecule has 25 heavy (non-hydrogen) atoms. The van der Waals surface area contributed by atoms with Crippen LogP contribution in [-0.2, 0) is 4.79 Å². The molecule has 4 nitrogen and oxygen atoms in total. The first-order chi connectivity index (χ1) is 12.2. The van der Waals surface area contributed by atoms with E-state index >= 15 is 0 Å². The molecule has 1 saturated heterocycles. The summed E-state index contributed by atoms with van der Waals surface area (Å²) in [5.74, 6) is -0.175. The third-order valence-corrected chi connectivity index (χ3v) is 5.55. The average Bonchev–Trinajstić information content (AvgIpc) is 2.69. The van der Waals surface area contributed by atoms with Crippen LogP contribution in [0, 0.1) is 5.41 Å². The Morgan fingerprint density at radius 2 is 1.52 bits per heavy atom. The first kappa shape index (κ1) is 15.9. The van der Waals surface area contributed by atoms with Gasteiger partial charge in [-0.15, -0.1) is 0 Å². The second kappa shape index (κ2) is 6.36. The quantitative estimate of drug-likeness (QED) is 0.867. The highest BCUT2D eigenvalue weighted by Crippen LogP contribution is 2.56. The maximum absolute atomic E-state index is 13.0. The number of hydrogen-bond acceptors (Lipinski definition) is 2. The molecule has 4 heteroatoms. The van der Waals surface area contributed by atoms with Crippen molar-refractivity contribution in [2.24, 2.45) is 5.41 Å². The summed E-state index contributed by atoms with van der Waals surface area (Å²) in [5, 5.41) is 1.55. The molecule has 1 atom stereocenters. The zero-order chi connectivity index (χ0) is 17.3. The molecule has 0 bridgehead atoms. The minimum absolute atomic E-state index is 0.0605. The number of carbonyl (C=O) groups excluding carboxylic acids is 2. The van der Waals surface area contributed by atoms with E-state index in [9.17, 15) is 9.59 Å². The lowest BCUT2D eigenvalue weighted by Gasteiger charge is -2.57. The fraction of sp³-hybridized carbons (Fsp3) is 0.333. The molecule has 2 aliphatic rings. The van der Waals surface area contributed by atoms with Crippen molar-refractivity contribution >= 4 is 11.8 Å². The second-order valence-electron chi connectivity index (χ2n) is 7.01. The molecule has 2 aromatic rings. The third kappa shape index (κ3) is 2.62. The van der Waals surface area contributed by atoms with E-state index in [4.69, 9.17) is 0 Å². The molecular weight excluding hydrogens is 312 g/mol. The van der Waals surface area contributed by atoms with Crippen molar-refractivity contribution < 1.29 is 9.59 Å². The van der Waals surface area contributed by atoms with Gasteiger partial charge in [0.05, 0.1) is 11.5 Å². The highest BCUT2D eigenvalue weighted by Gasteiger charge is 2.61. The number of carbonyl (C=O) groups is 2. The smallest absolute Gasteiger partial charge is 0.269 e. The van der Waals surface area contributed by atoms with Crippen LogP contribution in [0.3, 0.4) is 0 Å². The molecule has 2 amide bonds. The summed E-state index contributed by atoms with van der Waals surface area (Å²) in [4.78, 5) is 25.5. The van der Waals surface area contributed by atoms with Crippen LogP contribution < -0.4 is 5.43 Å². The van der Waals surface area contributed by atoms with E-state index in [2.05, 4.69) is 17.6 Å². The van der Waals surface area contributed by atoms with E-state index in [1.165, 1.54) is 6.42 Å². The van der Waals surface area contributed by atoms with Crippen LogP contribution in [0.4, 0.5) is 0 Å². The van der Waals surface area contributed by atoms with Crippen molar-refractivity contribution in [2.75, 3.05) is 0 Å². The largest absolute Gasteiger partial charge is 0.272 e. The Bertz CT molecular complexity index is 767. The number of hydrazine groups is 1. The van der Waals surface area contributed by atoms with Crippen molar-refractivity contribution in [2.45, 2.75) is 38.1 Å². The minimum atomic E-state index is -0.344. The van der Waals surface area contributed by atoms with E-state index in [0.29, 0.717) is 5.56 Å². The number of benzene rings is 2. The Labute approximate surface area is 147 Å². The number of β-lactam (4-membered cyclic amide) rings is 1. The highest BCUT2D eigenvalue weighted by molar-refractivity contribution is 5.98. The monoisotopic (exact) mass is 334 g/mol. The predicted molar refractivity (Wildman–Crippen MR) is 95.5 cm³/mol. The summed E-state index contributed by atoms with van der Waals surface area (Å²) in [6, 6.07) is 19.0. The van der Waals surface area contributed by atoms with Gasteiger partial charge in [0, 0.05) is 5.56 Å². The Hall–Kier alpha value is -2.62. The van der Waals surface area contributed by atoms with Crippen LogP contribution >= 0.6 is 0 Å². The molecule has 1 N–H and O–H groups in total. The van der Waals surface area contributed by atoms with E-state index in [1.54, 1.807) is 17.1 Å². The molecular formula is C21H22N2O2. The molecule has 0 aromatic heterocycles. The zero-order valence-electron chi connectivity index (χ0n) is 14.2. The topological polar surface area (TPSA) is 49.4 Å². The van der Waals surface area contributed by atoms with Gasteiger partial charge in [0.15, 0.2) is 0 Å². The number of nitrogens with zero attached hydrogens (tertiary/aromatic N) is 1. The lowest BCUT2D eigenvalue weighted by Crippen LogP contribution is -2.69. The SMILES string of the molecule is O=C(NN1C(=O)C2(CCCCC2)C1c1ccccc1)c1ccccc1. The van der Waals surface area contributed by atoms with Gasteiger partial charge in [0.2, 0.25) is 5.91 Å². The first-order valence-corrected chi connectivity index (χ1v) is 8.97. The second-order valence-corrected chi connectivity index (χ2v) is 7.01. The average molecular weight is 334 g/mol. The van der Waals surface area contributed by atoms with Crippen molar-refractivity contribution in [3.8, 4) is 0 Å². The normalized spacial score (nSPS) is 21.7. The Balaban J connectivity index is 1.62. The number of amides is 2. The third-order valence-electron chi connectivity index (χ3n) is 5.55. The summed E-state index contributed by atoms with van der Waals surface area (Å²) in [5.41, 5.74) is 4.16. The van der Waals surface area contributed by atoms with Crippen molar-refractivity contribution in [1.82, 2.24) is 10.4 Å². The first-order valence-electron chi connectivity index (χ1n) is 8.97. The Morgan fingerprint density at radius 3 is 2.16 bits per heavy atom. The number of hydrogen-bond donors (Lipinski definition) is 1. The van der Waals surface area contributed by atoms with Gasteiger partial charge in [-0.05, 0) is 30.5 Å². The molecule has 4 rings (SSSR count). The maximum atomic E-state index is 13.0. The summed E-state index contributed by atoms with van der Waals surface area (Å²) in [6.07, 6.45) is 5.16. The minimum Gasteiger partial charge on any atom is -0.272 e. The van der Waals surface area contributed by atoms with Crippen LogP contribution in [0.5, 0.6) is 0 Å². The van der Waals surface area contributed by atoms with Crippen LogP contribution in [-0.4, -0.2) is 16.8 Å². The lowest BCUT2D eigenvalue weighted by atomic mass is 9.61. The molecule has 2 aromatic carbocycles. The molecule has 2 fully saturated rings. The molecule has 1 heterocycles. The fourth-order valence-electron chi connectivity index (χ4n) is 4.31. The zero-order valence-corrected chi connectivity index (χ0v) is 14.2. The Morgan fingerprint density at radius 1 is 0.920 bits per heavy atom. The van der Waals surface area contributed by atoms with Gasteiger partial charge >= 0.3 is 0 Å². The standard InChI is InChI=1S/C21H22N2O2/c24-19(17-12-6-2-7-13-17)22-23-18(16-10-4-1-5-11-16)21(20(23)25)14-8-3-9-15-21/h1-2,4-7,10-13,18H,3,8-9,14-15H2,(H,22,24). The molecule has 1 spiro atoms. The van der Waals surface area contributed by atoms with Crippen LogP contribution in [0.2, 0.25) is 0 Å². The molecule has 128 valence electrons. The predicted octanol–water partition coefficient (Wildman–Crippen LogP) is 3.87.